The summed E-state index contributed by atoms with van der Waals surface area (Å²) in [5.74, 6) is 0.913. The van der Waals surface area contributed by atoms with Crippen molar-refractivity contribution in [3.8, 4) is 0 Å². The van der Waals surface area contributed by atoms with Gasteiger partial charge >= 0.3 is 0 Å². The van der Waals surface area contributed by atoms with Crippen LogP contribution in [0, 0.1) is 5.92 Å². The number of hydrogen-bond acceptors (Lipinski definition) is 4. The van der Waals surface area contributed by atoms with Crippen molar-refractivity contribution in [3.05, 3.63) is 0 Å². The molecule has 0 bridgehead atoms. The highest BCUT2D eigenvalue weighted by molar-refractivity contribution is 4.73. The number of rotatable bonds is 9. The Morgan fingerprint density at radius 2 is 1.94 bits per heavy atom. The van der Waals surface area contributed by atoms with E-state index in [4.69, 9.17) is 4.74 Å². The minimum Gasteiger partial charge on any atom is -0.383 e. The van der Waals surface area contributed by atoms with Crippen LogP contribution in [0.25, 0.3) is 0 Å². The van der Waals surface area contributed by atoms with Gasteiger partial charge in [0.25, 0.3) is 0 Å². The molecule has 1 saturated heterocycles. The molecule has 1 aliphatic rings. The molecule has 0 amide bonds. The Hall–Kier alpha value is -0.160. The van der Waals surface area contributed by atoms with Gasteiger partial charge < -0.3 is 19.9 Å². The molecule has 0 atom stereocenters. The summed E-state index contributed by atoms with van der Waals surface area (Å²) in [6.45, 7) is 7.98. The van der Waals surface area contributed by atoms with Crippen molar-refractivity contribution in [2.24, 2.45) is 5.92 Å². The Kier molecular flexibility index (Phi) is 8.59. The minimum atomic E-state index is 0.815. The lowest BCUT2D eigenvalue weighted by Crippen LogP contribution is -2.38. The normalized spacial score (nSPS) is 18.7. The first-order valence-corrected chi connectivity index (χ1v) is 7.29. The second-order valence-corrected chi connectivity index (χ2v) is 5.64. The van der Waals surface area contributed by atoms with Crippen molar-refractivity contribution in [1.82, 2.24) is 15.1 Å². The maximum Gasteiger partial charge on any atom is 0.0587 e. The van der Waals surface area contributed by atoms with Gasteiger partial charge in [-0.2, -0.15) is 0 Å². The van der Waals surface area contributed by atoms with Gasteiger partial charge in [-0.1, -0.05) is 0 Å². The highest BCUT2D eigenvalue weighted by atomic mass is 16.5. The van der Waals surface area contributed by atoms with Gasteiger partial charge in [-0.05, 0) is 65.5 Å². The Labute approximate surface area is 113 Å². The predicted octanol–water partition coefficient (Wildman–Crippen LogP) is 0.886. The summed E-state index contributed by atoms with van der Waals surface area (Å²) in [5.41, 5.74) is 0. The summed E-state index contributed by atoms with van der Waals surface area (Å²) in [6.07, 6.45) is 3.99. The van der Waals surface area contributed by atoms with Gasteiger partial charge in [-0.25, -0.2) is 0 Å². The van der Waals surface area contributed by atoms with E-state index in [9.17, 15) is 0 Å². The number of nitrogens with zero attached hydrogens (tertiary/aromatic N) is 2. The zero-order valence-corrected chi connectivity index (χ0v) is 12.5. The second-order valence-electron chi connectivity index (χ2n) is 5.64. The first kappa shape index (κ1) is 15.9. The Morgan fingerprint density at radius 1 is 1.22 bits per heavy atom. The molecule has 1 aliphatic heterocycles. The SMILES string of the molecule is COCCNCCCN1CCC(CN(C)C)CC1. The molecular formula is C14H31N3O. The van der Waals surface area contributed by atoms with Crippen molar-refractivity contribution >= 4 is 0 Å². The average molecular weight is 257 g/mol. The lowest BCUT2D eigenvalue weighted by atomic mass is 9.96. The van der Waals surface area contributed by atoms with Crippen molar-refractivity contribution in [3.63, 3.8) is 0 Å². The zero-order valence-electron chi connectivity index (χ0n) is 12.5. The maximum absolute atomic E-state index is 5.00. The molecule has 0 radical (unpaired) electrons. The highest BCUT2D eigenvalue weighted by Crippen LogP contribution is 2.17. The summed E-state index contributed by atoms with van der Waals surface area (Å²) in [4.78, 5) is 4.93. The molecule has 0 aromatic carbocycles. The van der Waals surface area contributed by atoms with E-state index in [2.05, 4.69) is 29.2 Å². The van der Waals surface area contributed by atoms with Gasteiger partial charge in [0.05, 0.1) is 6.61 Å². The summed E-state index contributed by atoms with van der Waals surface area (Å²) in [6, 6.07) is 0. The molecule has 108 valence electrons. The molecule has 0 aromatic heterocycles. The van der Waals surface area contributed by atoms with E-state index >= 15 is 0 Å². The third-order valence-electron chi connectivity index (χ3n) is 3.64. The lowest BCUT2D eigenvalue weighted by molar-refractivity contribution is 0.160. The first-order chi connectivity index (χ1) is 8.72. The van der Waals surface area contributed by atoms with Crippen LogP contribution in [0.2, 0.25) is 0 Å². The van der Waals surface area contributed by atoms with Gasteiger partial charge in [-0.15, -0.1) is 0 Å². The number of likely N-dealkylation sites (tertiary alicyclic amines) is 1. The van der Waals surface area contributed by atoms with Crippen LogP contribution < -0.4 is 5.32 Å². The van der Waals surface area contributed by atoms with Crippen molar-refractivity contribution < 1.29 is 4.74 Å². The first-order valence-electron chi connectivity index (χ1n) is 7.29. The molecule has 1 N–H and O–H groups in total. The number of piperidine rings is 1. The largest absolute Gasteiger partial charge is 0.383 e. The summed E-state index contributed by atoms with van der Waals surface area (Å²) >= 11 is 0. The molecule has 0 aliphatic carbocycles. The second kappa shape index (κ2) is 9.73. The Balaban J connectivity index is 1.95. The molecule has 4 heteroatoms. The van der Waals surface area contributed by atoms with Crippen LogP contribution in [0.5, 0.6) is 0 Å². The molecule has 0 unspecified atom stereocenters. The van der Waals surface area contributed by atoms with E-state index < -0.39 is 0 Å². The van der Waals surface area contributed by atoms with E-state index in [0.717, 1.165) is 25.6 Å². The Bertz CT molecular complexity index is 191. The number of hydrogen-bond donors (Lipinski definition) is 1. The van der Waals surface area contributed by atoms with Crippen LogP contribution in [0.15, 0.2) is 0 Å². The molecule has 0 aromatic rings. The molecular weight excluding hydrogens is 226 g/mol. The van der Waals surface area contributed by atoms with Crippen LogP contribution in [-0.4, -0.2) is 76.9 Å². The average Bonchev–Trinajstić information content (AvgIpc) is 2.35. The van der Waals surface area contributed by atoms with Crippen LogP contribution in [0.3, 0.4) is 0 Å². The van der Waals surface area contributed by atoms with Gasteiger partial charge in [0, 0.05) is 20.2 Å². The van der Waals surface area contributed by atoms with Crippen LogP contribution in [-0.2, 0) is 4.74 Å². The lowest BCUT2D eigenvalue weighted by Gasteiger charge is -2.33. The van der Waals surface area contributed by atoms with E-state index in [1.807, 2.05) is 0 Å². The molecule has 18 heavy (non-hydrogen) atoms. The maximum atomic E-state index is 5.00. The monoisotopic (exact) mass is 257 g/mol. The summed E-state index contributed by atoms with van der Waals surface area (Å²) < 4.78 is 5.00. The molecule has 1 fully saturated rings. The van der Waals surface area contributed by atoms with Crippen molar-refractivity contribution in [1.29, 1.82) is 0 Å². The molecule has 0 spiro atoms. The quantitative estimate of drug-likeness (QED) is 0.621. The molecule has 4 nitrogen and oxygen atoms in total. The number of ether oxygens (including phenoxy) is 1. The topological polar surface area (TPSA) is 27.7 Å². The minimum absolute atomic E-state index is 0.815. The summed E-state index contributed by atoms with van der Waals surface area (Å²) in [7, 11) is 6.11. The van der Waals surface area contributed by atoms with Crippen LogP contribution in [0.4, 0.5) is 0 Å². The van der Waals surface area contributed by atoms with Crippen LogP contribution in [0.1, 0.15) is 19.3 Å². The molecule has 1 rings (SSSR count). The van der Waals surface area contributed by atoms with Crippen molar-refractivity contribution in [2.45, 2.75) is 19.3 Å². The predicted molar refractivity (Wildman–Crippen MR) is 77.1 cm³/mol. The smallest absolute Gasteiger partial charge is 0.0587 e. The number of nitrogens with one attached hydrogen (secondary N) is 1. The fourth-order valence-electron chi connectivity index (χ4n) is 2.64. The van der Waals surface area contributed by atoms with Gasteiger partial charge in [-0.3, -0.25) is 0 Å². The summed E-state index contributed by atoms with van der Waals surface area (Å²) in [5, 5.41) is 3.40. The molecule has 0 saturated carbocycles. The highest BCUT2D eigenvalue weighted by Gasteiger charge is 2.18. The fraction of sp³-hybridized carbons (Fsp3) is 1.00. The van der Waals surface area contributed by atoms with E-state index in [-0.39, 0.29) is 0 Å². The number of methoxy groups -OCH3 is 1. The fourth-order valence-corrected chi connectivity index (χ4v) is 2.64. The Morgan fingerprint density at radius 3 is 2.56 bits per heavy atom. The van der Waals surface area contributed by atoms with E-state index in [1.165, 1.54) is 45.4 Å². The van der Waals surface area contributed by atoms with E-state index in [0.29, 0.717) is 0 Å². The van der Waals surface area contributed by atoms with Gasteiger partial charge in [0.15, 0.2) is 0 Å². The van der Waals surface area contributed by atoms with Gasteiger partial charge in [0.2, 0.25) is 0 Å². The standard InChI is InChI=1S/C14H31N3O/c1-16(2)13-14-5-10-17(11-6-14)9-4-7-15-8-12-18-3/h14-15H,4-13H2,1-3H3. The zero-order chi connectivity index (χ0) is 13.2. The van der Waals surface area contributed by atoms with E-state index in [1.54, 1.807) is 7.11 Å². The van der Waals surface area contributed by atoms with Gasteiger partial charge in [0.1, 0.15) is 0 Å². The van der Waals surface area contributed by atoms with Crippen LogP contribution >= 0.6 is 0 Å². The third kappa shape index (κ3) is 7.31. The van der Waals surface area contributed by atoms with Crippen molar-refractivity contribution in [2.75, 3.05) is 67.1 Å². The molecule has 1 heterocycles. The third-order valence-corrected chi connectivity index (χ3v) is 3.64.